The minimum Gasteiger partial charge on any atom is -0.371 e. The second kappa shape index (κ2) is 7.91. The summed E-state index contributed by atoms with van der Waals surface area (Å²) in [4.78, 5) is 14.9. The summed E-state index contributed by atoms with van der Waals surface area (Å²) in [5.74, 6) is 0. The minimum absolute atomic E-state index is 0.757. The number of fused-ring (bicyclic) bond motifs is 4. The van der Waals surface area contributed by atoms with Crippen LogP contribution in [0.2, 0.25) is 0 Å². The Balaban J connectivity index is 1.61. The lowest BCUT2D eigenvalue weighted by atomic mass is 9.84. The highest BCUT2D eigenvalue weighted by Gasteiger charge is 2.44. The zero-order valence-corrected chi connectivity index (χ0v) is 22.5. The molecule has 37 heavy (non-hydrogen) atoms. The average molecular weight is 510 g/mol. The van der Waals surface area contributed by atoms with Gasteiger partial charge in [-0.3, -0.25) is 4.57 Å². The lowest BCUT2D eigenvalue weighted by molar-refractivity contribution is 0.478. The molecular weight excluding hydrogens is 475 g/mol. The van der Waals surface area contributed by atoms with Crippen molar-refractivity contribution in [3.63, 3.8) is 0 Å². The summed E-state index contributed by atoms with van der Waals surface area (Å²) < 4.78 is 17.5. The van der Waals surface area contributed by atoms with Gasteiger partial charge in [-0.25, -0.2) is 4.58 Å². The van der Waals surface area contributed by atoms with Crippen LogP contribution in [0, 0.1) is 6.92 Å². The number of hydrogen-bond donors (Lipinski definition) is 1. The Labute approximate surface area is 218 Å². The van der Waals surface area contributed by atoms with Crippen molar-refractivity contribution in [2.45, 2.75) is 58.3 Å². The third kappa shape index (κ3) is 3.00. The summed E-state index contributed by atoms with van der Waals surface area (Å²) in [5, 5.41) is 3.83. The van der Waals surface area contributed by atoms with Gasteiger partial charge < -0.3 is 9.79 Å². The molecule has 5 aliphatic heterocycles. The Bertz CT molecular complexity index is 1700. The fourth-order valence-electron chi connectivity index (χ4n) is 8.16. The van der Waals surface area contributed by atoms with Crippen molar-refractivity contribution in [3.05, 3.63) is 85.9 Å². The van der Waals surface area contributed by atoms with Crippen LogP contribution in [0.25, 0.3) is 5.57 Å². The number of anilines is 1. The molecule has 1 atom stereocenters. The van der Waals surface area contributed by atoms with Gasteiger partial charge in [-0.2, -0.15) is 0 Å². The van der Waals surface area contributed by atoms with Gasteiger partial charge in [0.1, 0.15) is 13.1 Å². The summed E-state index contributed by atoms with van der Waals surface area (Å²) >= 11 is 0. The van der Waals surface area contributed by atoms with E-state index in [1.54, 1.807) is 0 Å². The molecule has 0 saturated heterocycles. The Hall–Kier alpha value is -2.68. The number of nitrogens with zero attached hydrogens (tertiary/aromatic N) is 2. The first-order valence-electron chi connectivity index (χ1n) is 14.2. The lowest BCUT2D eigenvalue weighted by Gasteiger charge is -2.40. The van der Waals surface area contributed by atoms with Gasteiger partial charge in [0.05, 0.1) is 10.6 Å². The van der Waals surface area contributed by atoms with Gasteiger partial charge in [0.2, 0.25) is 5.36 Å². The van der Waals surface area contributed by atoms with Crippen molar-refractivity contribution in [3.8, 4) is 0 Å². The Morgan fingerprint density at radius 3 is 2.41 bits per heavy atom. The van der Waals surface area contributed by atoms with Crippen LogP contribution in [0.4, 0.5) is 5.69 Å². The predicted molar refractivity (Wildman–Crippen MR) is 150 cm³/mol. The van der Waals surface area contributed by atoms with E-state index in [1.165, 1.54) is 50.0 Å². The standard InChI is InChI=1S/C32H33N2O2P/c1-20-8-2-3-11-23(20)28-26-18-21-9-4-14-33-16-6-12-24(29(21)33)31(26)37(35,36)32-25-13-7-17-34-15-5-10-22(30(25)34)19-27(28)32/h2-3,8,11,18-19H,4-7,9-10,12-17H2,1H3/p+1. The molecule has 8 rings (SSSR count). The molecule has 0 aliphatic carbocycles. The average Bonchev–Trinajstić information content (AvgIpc) is 2.90. The maximum Gasteiger partial charge on any atom is 0.260 e. The van der Waals surface area contributed by atoms with Crippen LogP contribution in [-0.2, 0) is 30.2 Å². The van der Waals surface area contributed by atoms with E-state index in [1.807, 2.05) is 0 Å². The monoisotopic (exact) mass is 509 g/mol. The first kappa shape index (κ1) is 22.3. The van der Waals surface area contributed by atoms with Gasteiger partial charge in [0.15, 0.2) is 0 Å². The molecule has 5 aliphatic rings. The van der Waals surface area contributed by atoms with E-state index in [0.29, 0.717) is 0 Å². The maximum absolute atomic E-state index is 15.0. The molecule has 3 aromatic carbocycles. The first-order chi connectivity index (χ1) is 18.0. The van der Waals surface area contributed by atoms with Crippen molar-refractivity contribution in [1.82, 2.24) is 4.58 Å². The summed E-state index contributed by atoms with van der Waals surface area (Å²) in [6.45, 7) is 6.43. The minimum atomic E-state index is -3.80. The lowest BCUT2D eigenvalue weighted by Crippen LogP contribution is -2.52. The van der Waals surface area contributed by atoms with E-state index < -0.39 is 7.37 Å². The fraction of sp³-hybridized carbons (Fsp3) is 0.406. The van der Waals surface area contributed by atoms with Crippen molar-refractivity contribution in [2.75, 3.05) is 31.1 Å². The molecule has 0 fully saturated rings. The van der Waals surface area contributed by atoms with Gasteiger partial charge in [0.25, 0.3) is 7.37 Å². The van der Waals surface area contributed by atoms with Crippen molar-refractivity contribution in [1.29, 1.82) is 0 Å². The molecule has 188 valence electrons. The van der Waals surface area contributed by atoms with Crippen LogP contribution in [0.3, 0.4) is 0 Å². The second-order valence-corrected chi connectivity index (χ2v) is 13.7. The summed E-state index contributed by atoms with van der Waals surface area (Å²) in [6.07, 6.45) is 8.34. The summed E-state index contributed by atoms with van der Waals surface area (Å²) in [6, 6.07) is 13.3. The summed E-state index contributed by atoms with van der Waals surface area (Å²) in [5.41, 5.74) is 11.0. The SMILES string of the molecule is Cc1ccccc1C1=c2cc3c4c(c2P(=O)(O)c2c1cc1c5c2CCCN5CCC1)CCC[N+]=4CCC3. The Kier molecular flexibility index (Phi) is 4.77. The first-order valence-corrected chi connectivity index (χ1v) is 15.8. The van der Waals surface area contributed by atoms with Gasteiger partial charge in [0, 0.05) is 42.7 Å². The second-order valence-electron chi connectivity index (χ2n) is 11.7. The third-order valence-corrected chi connectivity index (χ3v) is 11.8. The van der Waals surface area contributed by atoms with Crippen LogP contribution < -0.4 is 30.7 Å². The quantitative estimate of drug-likeness (QED) is 0.405. The zero-order valence-electron chi connectivity index (χ0n) is 21.6. The van der Waals surface area contributed by atoms with Crippen LogP contribution in [0.5, 0.6) is 0 Å². The van der Waals surface area contributed by atoms with Crippen LogP contribution in [-0.4, -0.2) is 31.1 Å². The van der Waals surface area contributed by atoms with E-state index in [9.17, 15) is 4.89 Å². The molecule has 0 spiro atoms. The maximum atomic E-state index is 15.0. The molecule has 0 aromatic heterocycles. The van der Waals surface area contributed by atoms with Gasteiger partial charge >= 0.3 is 0 Å². The molecule has 5 heterocycles. The largest absolute Gasteiger partial charge is 0.371 e. The van der Waals surface area contributed by atoms with Crippen LogP contribution in [0.1, 0.15) is 64.6 Å². The predicted octanol–water partition coefficient (Wildman–Crippen LogP) is 2.86. The molecule has 3 aromatic rings. The van der Waals surface area contributed by atoms with Crippen molar-refractivity contribution >= 4 is 29.2 Å². The van der Waals surface area contributed by atoms with E-state index in [2.05, 4.69) is 52.8 Å². The highest BCUT2D eigenvalue weighted by Crippen LogP contribution is 2.49. The zero-order chi connectivity index (χ0) is 24.9. The van der Waals surface area contributed by atoms with Crippen LogP contribution >= 0.6 is 7.37 Å². The molecule has 1 N–H and O–H groups in total. The van der Waals surface area contributed by atoms with Crippen LogP contribution in [0.15, 0.2) is 36.4 Å². The number of aryl methyl sites for hydroxylation is 3. The molecule has 4 nitrogen and oxygen atoms in total. The number of hydrogen-bond acceptors (Lipinski definition) is 2. The topological polar surface area (TPSA) is 43.5 Å². The number of benzene rings is 3. The van der Waals surface area contributed by atoms with Gasteiger partial charge in [-0.05, 0) is 96.2 Å². The molecular formula is C32H34N2O2P+. The molecule has 0 bridgehead atoms. The normalized spacial score (nSPS) is 23.2. The smallest absolute Gasteiger partial charge is 0.260 e. The molecule has 1 unspecified atom stereocenters. The summed E-state index contributed by atoms with van der Waals surface area (Å²) in [7, 11) is -3.80. The Morgan fingerprint density at radius 1 is 0.838 bits per heavy atom. The number of rotatable bonds is 1. The van der Waals surface area contributed by atoms with E-state index in [-0.39, 0.29) is 0 Å². The van der Waals surface area contributed by atoms with E-state index >= 15 is 4.57 Å². The van der Waals surface area contributed by atoms with Gasteiger partial charge in [-0.1, -0.05) is 24.3 Å². The highest BCUT2D eigenvalue weighted by atomic mass is 31.2. The van der Waals surface area contributed by atoms with Gasteiger partial charge in [-0.15, -0.1) is 0 Å². The highest BCUT2D eigenvalue weighted by molar-refractivity contribution is 7.74. The fourth-order valence-corrected chi connectivity index (χ4v) is 10.6. The van der Waals surface area contributed by atoms with Crippen molar-refractivity contribution in [2.24, 2.45) is 0 Å². The van der Waals surface area contributed by atoms with E-state index in [0.717, 1.165) is 98.9 Å². The molecule has 0 saturated carbocycles. The molecule has 0 amide bonds. The Morgan fingerprint density at radius 2 is 1.57 bits per heavy atom. The molecule has 0 radical (unpaired) electrons. The van der Waals surface area contributed by atoms with Crippen molar-refractivity contribution < 1.29 is 9.46 Å². The molecule has 5 heteroatoms. The van der Waals surface area contributed by atoms with E-state index in [4.69, 9.17) is 0 Å². The third-order valence-electron chi connectivity index (χ3n) is 9.55.